The van der Waals surface area contributed by atoms with Gasteiger partial charge in [0.25, 0.3) is 0 Å². The summed E-state index contributed by atoms with van der Waals surface area (Å²) in [5.74, 6) is 1.61. The van der Waals surface area contributed by atoms with E-state index in [9.17, 15) is 0 Å². The molecule has 0 spiro atoms. The van der Waals surface area contributed by atoms with Gasteiger partial charge in [-0.05, 0) is 30.3 Å². The summed E-state index contributed by atoms with van der Waals surface area (Å²) in [6, 6.07) is 16.6. The first kappa shape index (κ1) is 15.2. The molecule has 118 valence electrons. The van der Waals surface area contributed by atoms with Crippen molar-refractivity contribution in [2.45, 2.75) is 0 Å². The molecule has 0 aliphatic carbocycles. The number of anilines is 4. The fourth-order valence-electron chi connectivity index (χ4n) is 2.06. The van der Waals surface area contributed by atoms with Gasteiger partial charge in [0.05, 0.1) is 24.9 Å². The molecule has 0 saturated carbocycles. The van der Waals surface area contributed by atoms with Crippen LogP contribution in [0.15, 0.2) is 54.7 Å². The molecule has 0 atom stereocenters. The van der Waals surface area contributed by atoms with E-state index in [1.165, 1.54) is 6.20 Å². The van der Waals surface area contributed by atoms with Crippen LogP contribution >= 0.6 is 0 Å². The normalized spacial score (nSPS) is 9.83. The monoisotopic (exact) mass is 318 g/mol. The Bertz CT molecular complexity index is 890. The smallest absolute Gasteiger partial charge is 0.249 e. The number of nitriles is 1. The van der Waals surface area contributed by atoms with Gasteiger partial charge in [-0.3, -0.25) is 0 Å². The van der Waals surface area contributed by atoms with Gasteiger partial charge in [-0.25, -0.2) is 0 Å². The predicted octanol–water partition coefficient (Wildman–Crippen LogP) is 3.24. The highest BCUT2D eigenvalue weighted by molar-refractivity contribution is 5.60. The molecule has 3 aromatic rings. The highest BCUT2D eigenvalue weighted by atomic mass is 16.5. The lowest BCUT2D eigenvalue weighted by atomic mass is 10.2. The van der Waals surface area contributed by atoms with Crippen molar-refractivity contribution in [3.05, 3.63) is 60.3 Å². The lowest BCUT2D eigenvalue weighted by Crippen LogP contribution is -2.02. The standard InChI is InChI=1S/C17H14N6O/c1-24-15-7-3-6-14(9-15)20-16-11-19-23-17(22-16)21-13-5-2-4-12(8-13)10-18/h2-9,11H,1H3,(H2,20,21,22,23). The van der Waals surface area contributed by atoms with E-state index in [0.717, 1.165) is 17.1 Å². The van der Waals surface area contributed by atoms with Crippen LogP contribution in [0, 0.1) is 11.3 Å². The molecule has 0 fully saturated rings. The van der Waals surface area contributed by atoms with Gasteiger partial charge < -0.3 is 15.4 Å². The highest BCUT2D eigenvalue weighted by Gasteiger charge is 2.03. The number of ether oxygens (including phenoxy) is 1. The Morgan fingerprint density at radius 3 is 2.62 bits per heavy atom. The van der Waals surface area contributed by atoms with Crippen molar-refractivity contribution < 1.29 is 4.74 Å². The molecule has 0 unspecified atom stereocenters. The van der Waals surface area contributed by atoms with Crippen molar-refractivity contribution in [1.82, 2.24) is 15.2 Å². The van der Waals surface area contributed by atoms with Crippen molar-refractivity contribution in [3.63, 3.8) is 0 Å². The first-order valence-electron chi connectivity index (χ1n) is 7.15. The quantitative estimate of drug-likeness (QED) is 0.745. The molecule has 2 N–H and O–H groups in total. The Balaban J connectivity index is 1.77. The molecule has 24 heavy (non-hydrogen) atoms. The lowest BCUT2D eigenvalue weighted by molar-refractivity contribution is 0.415. The number of hydrogen-bond donors (Lipinski definition) is 2. The van der Waals surface area contributed by atoms with Crippen molar-refractivity contribution in [2.24, 2.45) is 0 Å². The molecule has 3 rings (SSSR count). The second-order valence-corrected chi connectivity index (χ2v) is 4.84. The van der Waals surface area contributed by atoms with Crippen molar-refractivity contribution in [2.75, 3.05) is 17.7 Å². The van der Waals surface area contributed by atoms with Crippen LogP contribution in [0.2, 0.25) is 0 Å². The summed E-state index contributed by atoms with van der Waals surface area (Å²) in [5.41, 5.74) is 2.10. The molecule has 1 heterocycles. The molecule has 0 bridgehead atoms. The van der Waals surface area contributed by atoms with Gasteiger partial charge in [-0.15, -0.1) is 5.10 Å². The van der Waals surface area contributed by atoms with Gasteiger partial charge >= 0.3 is 0 Å². The average molecular weight is 318 g/mol. The number of nitrogens with one attached hydrogen (secondary N) is 2. The van der Waals surface area contributed by atoms with Crippen LogP contribution in [0.4, 0.5) is 23.1 Å². The minimum atomic E-state index is 0.331. The summed E-state index contributed by atoms with van der Waals surface area (Å²) in [5, 5.41) is 23.0. The molecular formula is C17H14N6O. The van der Waals surface area contributed by atoms with E-state index in [0.29, 0.717) is 17.3 Å². The van der Waals surface area contributed by atoms with Crippen molar-refractivity contribution in [3.8, 4) is 11.8 Å². The van der Waals surface area contributed by atoms with Crippen molar-refractivity contribution >= 4 is 23.1 Å². The maximum atomic E-state index is 8.94. The number of rotatable bonds is 5. The van der Waals surface area contributed by atoms with Crippen LogP contribution < -0.4 is 15.4 Å². The summed E-state index contributed by atoms with van der Waals surface area (Å²) >= 11 is 0. The molecule has 7 heteroatoms. The number of nitrogens with zero attached hydrogens (tertiary/aromatic N) is 4. The summed E-state index contributed by atoms with van der Waals surface area (Å²) in [7, 11) is 1.61. The van der Waals surface area contributed by atoms with E-state index in [-0.39, 0.29) is 0 Å². The molecule has 7 nitrogen and oxygen atoms in total. The fourth-order valence-corrected chi connectivity index (χ4v) is 2.06. The SMILES string of the molecule is COc1cccc(Nc2cnnc(Nc3cccc(C#N)c3)n2)c1. The van der Waals surface area contributed by atoms with Crippen LogP contribution in [0.5, 0.6) is 5.75 Å². The van der Waals surface area contributed by atoms with E-state index in [4.69, 9.17) is 10.00 Å². The van der Waals surface area contributed by atoms with E-state index in [2.05, 4.69) is 31.9 Å². The van der Waals surface area contributed by atoms with Gasteiger partial charge in [0.15, 0.2) is 5.82 Å². The third-order valence-corrected chi connectivity index (χ3v) is 3.15. The second-order valence-electron chi connectivity index (χ2n) is 4.84. The highest BCUT2D eigenvalue weighted by Crippen LogP contribution is 2.21. The van der Waals surface area contributed by atoms with Gasteiger partial charge in [0.1, 0.15) is 5.75 Å². The van der Waals surface area contributed by atoms with Crippen molar-refractivity contribution in [1.29, 1.82) is 5.26 Å². The van der Waals surface area contributed by atoms with Gasteiger partial charge in [-0.2, -0.15) is 15.3 Å². The summed E-state index contributed by atoms with van der Waals surface area (Å²) in [4.78, 5) is 4.35. The Kier molecular flexibility index (Phi) is 4.49. The maximum Gasteiger partial charge on any atom is 0.249 e. The topological polar surface area (TPSA) is 95.8 Å². The van der Waals surface area contributed by atoms with Gasteiger partial charge in [0.2, 0.25) is 5.95 Å². The number of aromatic nitrogens is 3. The molecule has 0 aliphatic heterocycles. The molecular weight excluding hydrogens is 304 g/mol. The third kappa shape index (κ3) is 3.75. The average Bonchev–Trinajstić information content (AvgIpc) is 2.62. The fraction of sp³-hybridized carbons (Fsp3) is 0.0588. The van der Waals surface area contributed by atoms with Crippen LogP contribution in [0.1, 0.15) is 5.56 Å². The zero-order valence-electron chi connectivity index (χ0n) is 12.9. The zero-order valence-corrected chi connectivity index (χ0v) is 12.9. The first-order valence-corrected chi connectivity index (χ1v) is 7.15. The molecule has 0 amide bonds. The zero-order chi connectivity index (χ0) is 16.8. The minimum Gasteiger partial charge on any atom is -0.497 e. The molecule has 1 aromatic heterocycles. The maximum absolute atomic E-state index is 8.94. The van der Waals surface area contributed by atoms with E-state index >= 15 is 0 Å². The lowest BCUT2D eigenvalue weighted by Gasteiger charge is -2.08. The van der Waals surface area contributed by atoms with E-state index in [1.807, 2.05) is 30.3 Å². The Labute approximate surface area is 139 Å². The largest absolute Gasteiger partial charge is 0.497 e. The van der Waals surface area contributed by atoms with Crippen LogP contribution in [0.3, 0.4) is 0 Å². The Morgan fingerprint density at radius 2 is 1.83 bits per heavy atom. The summed E-state index contributed by atoms with van der Waals surface area (Å²) < 4.78 is 5.19. The number of methoxy groups -OCH3 is 1. The first-order chi connectivity index (χ1) is 11.8. The van der Waals surface area contributed by atoms with Crippen LogP contribution in [-0.4, -0.2) is 22.3 Å². The molecule has 0 aliphatic rings. The Hall–Kier alpha value is -3.66. The second kappa shape index (κ2) is 7.07. The summed E-state index contributed by atoms with van der Waals surface area (Å²) in [6.07, 6.45) is 1.52. The van der Waals surface area contributed by atoms with E-state index in [1.54, 1.807) is 25.3 Å². The third-order valence-electron chi connectivity index (χ3n) is 3.15. The summed E-state index contributed by atoms with van der Waals surface area (Å²) in [6.45, 7) is 0. The van der Waals surface area contributed by atoms with E-state index < -0.39 is 0 Å². The van der Waals surface area contributed by atoms with Gasteiger partial charge in [0, 0.05) is 17.4 Å². The van der Waals surface area contributed by atoms with Crippen LogP contribution in [0.25, 0.3) is 0 Å². The van der Waals surface area contributed by atoms with Crippen LogP contribution in [-0.2, 0) is 0 Å². The minimum absolute atomic E-state index is 0.331. The van der Waals surface area contributed by atoms with Gasteiger partial charge in [-0.1, -0.05) is 12.1 Å². The number of benzene rings is 2. The molecule has 0 radical (unpaired) electrons. The Morgan fingerprint density at radius 1 is 1.04 bits per heavy atom. The number of hydrogen-bond acceptors (Lipinski definition) is 7. The molecule has 2 aromatic carbocycles. The predicted molar refractivity (Wildman–Crippen MR) is 90.5 cm³/mol. The molecule has 0 saturated heterocycles.